The van der Waals surface area contributed by atoms with E-state index >= 15 is 0 Å². The van der Waals surface area contributed by atoms with Crippen LogP contribution in [0, 0.1) is 0 Å². The second kappa shape index (κ2) is 14.7. The molecule has 0 radical (unpaired) electrons. The smallest absolute Gasteiger partial charge is 0.335 e. The third-order valence-corrected chi connectivity index (χ3v) is 7.52. The minimum Gasteiger partial charge on any atom is -0.478 e. The number of amides is 3. The number of rotatable bonds is 11. The molecule has 224 valence electrons. The first-order chi connectivity index (χ1) is 21.1. The van der Waals surface area contributed by atoms with E-state index < -0.39 is 23.0 Å². The number of carbonyl (C=O) groups excluding carboxylic acids is 3. The molecule has 0 saturated carbocycles. The summed E-state index contributed by atoms with van der Waals surface area (Å²) in [5.41, 5.74) is 3.31. The highest BCUT2D eigenvalue weighted by molar-refractivity contribution is 8.00. The van der Waals surface area contributed by atoms with Crippen molar-refractivity contribution in [2.45, 2.75) is 17.1 Å². The number of benzene rings is 4. The number of carboxylic acids is 1. The minimum atomic E-state index is -1.04. The number of aromatic carboxylic acids is 1. The van der Waals surface area contributed by atoms with Crippen LogP contribution >= 0.6 is 11.8 Å². The summed E-state index contributed by atoms with van der Waals surface area (Å²) < 4.78 is 0. The van der Waals surface area contributed by atoms with Crippen LogP contribution in [-0.4, -0.2) is 48.1 Å². The van der Waals surface area contributed by atoms with Gasteiger partial charge in [0.25, 0.3) is 11.8 Å². The monoisotopic (exact) mass is 608 g/mol. The van der Waals surface area contributed by atoms with E-state index in [1.807, 2.05) is 49.3 Å². The fourth-order valence-electron chi connectivity index (χ4n) is 4.02. The molecule has 1 unspecified atom stereocenters. The van der Waals surface area contributed by atoms with Gasteiger partial charge in [-0.25, -0.2) is 4.79 Å². The predicted octanol–water partition coefficient (Wildman–Crippen LogP) is 5.98. The summed E-state index contributed by atoms with van der Waals surface area (Å²) in [6, 6.07) is 29.2. The quantitative estimate of drug-likeness (QED) is 0.122. The van der Waals surface area contributed by atoms with Crippen LogP contribution in [0.3, 0.4) is 0 Å². The van der Waals surface area contributed by atoms with Gasteiger partial charge in [-0.05, 0) is 85.3 Å². The SMILES string of the molecule is CC(Sc1cccc(NC(=O)/C(=C\c2ccc(N(C)C)cc2)NC(=O)c2ccccc2)c1)C(=O)Nc1ccc(C(=O)O)cc1. The zero-order chi connectivity index (χ0) is 31.6. The first-order valence-electron chi connectivity index (χ1n) is 13.7. The zero-order valence-electron chi connectivity index (χ0n) is 24.4. The summed E-state index contributed by atoms with van der Waals surface area (Å²) in [7, 11) is 3.87. The Hall–Kier alpha value is -5.35. The molecule has 3 amide bonds. The Morgan fingerprint density at radius 2 is 1.45 bits per heavy atom. The normalized spacial score (nSPS) is 11.7. The van der Waals surface area contributed by atoms with Gasteiger partial charge in [0.05, 0.1) is 10.8 Å². The van der Waals surface area contributed by atoms with Crippen LogP contribution in [0.4, 0.5) is 17.1 Å². The Kier molecular flexibility index (Phi) is 10.6. The summed E-state index contributed by atoms with van der Waals surface area (Å²) in [5.74, 6) is -2.23. The minimum absolute atomic E-state index is 0.0659. The van der Waals surface area contributed by atoms with Crippen LogP contribution in [0.25, 0.3) is 6.08 Å². The summed E-state index contributed by atoms with van der Waals surface area (Å²) in [6.07, 6.45) is 1.61. The van der Waals surface area contributed by atoms with Gasteiger partial charge in [0.2, 0.25) is 5.91 Å². The second-order valence-corrected chi connectivity index (χ2v) is 11.4. The molecule has 4 rings (SSSR count). The van der Waals surface area contributed by atoms with Gasteiger partial charge < -0.3 is 26.0 Å². The van der Waals surface area contributed by atoms with Gasteiger partial charge in [0.1, 0.15) is 5.70 Å². The Balaban J connectivity index is 1.47. The fourth-order valence-corrected chi connectivity index (χ4v) is 4.95. The largest absolute Gasteiger partial charge is 0.478 e. The summed E-state index contributed by atoms with van der Waals surface area (Å²) >= 11 is 1.30. The molecule has 0 aliphatic heterocycles. The molecule has 0 fully saturated rings. The Labute approximate surface area is 260 Å². The lowest BCUT2D eigenvalue weighted by molar-refractivity contribution is -0.115. The van der Waals surface area contributed by atoms with Crippen molar-refractivity contribution < 1.29 is 24.3 Å². The van der Waals surface area contributed by atoms with Gasteiger partial charge in [-0.15, -0.1) is 11.8 Å². The standard InChI is InChI=1S/C34H32N4O5S/c1-22(31(39)35-26-16-14-25(15-17-26)34(42)43)44-29-11-7-10-27(21-29)36-33(41)30(37-32(40)24-8-5-4-6-9-24)20-23-12-18-28(19-13-23)38(2)3/h4-22H,1-3H3,(H,35,39)(H,36,41)(H,37,40)(H,42,43)/b30-20+. The van der Waals surface area contributed by atoms with Crippen LogP contribution in [0.2, 0.25) is 0 Å². The van der Waals surface area contributed by atoms with Crippen LogP contribution in [-0.2, 0) is 9.59 Å². The molecule has 9 nitrogen and oxygen atoms in total. The van der Waals surface area contributed by atoms with Gasteiger partial charge in [-0.3, -0.25) is 14.4 Å². The van der Waals surface area contributed by atoms with Crippen LogP contribution in [0.1, 0.15) is 33.2 Å². The van der Waals surface area contributed by atoms with Crippen molar-refractivity contribution in [3.8, 4) is 0 Å². The number of anilines is 3. The molecule has 4 N–H and O–H groups in total. The molecule has 0 bridgehead atoms. The maximum Gasteiger partial charge on any atom is 0.335 e. The maximum absolute atomic E-state index is 13.5. The number of hydrogen-bond donors (Lipinski definition) is 4. The van der Waals surface area contributed by atoms with E-state index in [4.69, 9.17) is 5.11 Å². The Morgan fingerprint density at radius 3 is 2.09 bits per heavy atom. The van der Waals surface area contributed by atoms with Crippen LogP contribution in [0.5, 0.6) is 0 Å². The van der Waals surface area contributed by atoms with E-state index in [0.717, 1.165) is 16.1 Å². The molecule has 4 aromatic carbocycles. The van der Waals surface area contributed by atoms with E-state index in [0.29, 0.717) is 16.9 Å². The van der Waals surface area contributed by atoms with E-state index in [9.17, 15) is 19.2 Å². The summed E-state index contributed by atoms with van der Waals surface area (Å²) in [6.45, 7) is 1.75. The molecule has 10 heteroatoms. The third kappa shape index (κ3) is 8.83. The highest BCUT2D eigenvalue weighted by Crippen LogP contribution is 2.27. The molecule has 0 aliphatic carbocycles. The lowest BCUT2D eigenvalue weighted by atomic mass is 10.1. The molecule has 0 aromatic heterocycles. The topological polar surface area (TPSA) is 128 Å². The number of thioether (sulfide) groups is 1. The van der Waals surface area contributed by atoms with Crippen molar-refractivity contribution in [2.75, 3.05) is 29.6 Å². The van der Waals surface area contributed by atoms with Gasteiger partial charge >= 0.3 is 5.97 Å². The number of carboxylic acid groups (broad SMARTS) is 1. The molecule has 0 saturated heterocycles. The van der Waals surface area contributed by atoms with Crippen molar-refractivity contribution in [3.05, 3.63) is 126 Å². The molecule has 44 heavy (non-hydrogen) atoms. The fraction of sp³-hybridized carbons (Fsp3) is 0.118. The highest BCUT2D eigenvalue weighted by atomic mass is 32.2. The van der Waals surface area contributed by atoms with Gasteiger partial charge in [0, 0.05) is 41.6 Å². The summed E-state index contributed by atoms with van der Waals surface area (Å²) in [4.78, 5) is 52.9. The van der Waals surface area contributed by atoms with Crippen molar-refractivity contribution in [1.29, 1.82) is 0 Å². The maximum atomic E-state index is 13.5. The van der Waals surface area contributed by atoms with Gasteiger partial charge in [-0.1, -0.05) is 36.4 Å². The van der Waals surface area contributed by atoms with Crippen LogP contribution < -0.4 is 20.9 Å². The number of hydrogen-bond acceptors (Lipinski definition) is 6. The van der Waals surface area contributed by atoms with Crippen molar-refractivity contribution in [3.63, 3.8) is 0 Å². The van der Waals surface area contributed by atoms with E-state index in [1.165, 1.54) is 36.0 Å². The molecule has 0 aliphatic rings. The van der Waals surface area contributed by atoms with Gasteiger partial charge in [0.15, 0.2) is 0 Å². The molecule has 0 heterocycles. The Morgan fingerprint density at radius 1 is 0.773 bits per heavy atom. The zero-order valence-corrected chi connectivity index (χ0v) is 25.2. The third-order valence-electron chi connectivity index (χ3n) is 6.42. The lowest BCUT2D eigenvalue weighted by Gasteiger charge is -2.15. The lowest BCUT2D eigenvalue weighted by Crippen LogP contribution is -2.30. The highest BCUT2D eigenvalue weighted by Gasteiger charge is 2.18. The number of nitrogens with zero attached hydrogens (tertiary/aromatic N) is 1. The number of carbonyl (C=O) groups is 4. The van der Waals surface area contributed by atoms with E-state index in [2.05, 4.69) is 16.0 Å². The van der Waals surface area contributed by atoms with Gasteiger partial charge in [-0.2, -0.15) is 0 Å². The summed E-state index contributed by atoms with van der Waals surface area (Å²) in [5, 5.41) is 16.9. The predicted molar refractivity (Wildman–Crippen MR) is 175 cm³/mol. The first-order valence-corrected chi connectivity index (χ1v) is 14.5. The molecule has 0 spiro atoms. The van der Waals surface area contributed by atoms with Crippen LogP contribution in [0.15, 0.2) is 114 Å². The molecule has 1 atom stereocenters. The van der Waals surface area contributed by atoms with Crippen molar-refractivity contribution in [1.82, 2.24) is 5.32 Å². The van der Waals surface area contributed by atoms with Crippen molar-refractivity contribution >= 4 is 58.6 Å². The molecular formula is C34H32N4O5S. The molecular weight excluding hydrogens is 576 g/mol. The average molecular weight is 609 g/mol. The van der Waals surface area contributed by atoms with Crippen molar-refractivity contribution in [2.24, 2.45) is 0 Å². The molecule has 4 aromatic rings. The number of nitrogens with one attached hydrogen (secondary N) is 3. The van der Waals surface area contributed by atoms with E-state index in [1.54, 1.807) is 61.5 Å². The average Bonchev–Trinajstić information content (AvgIpc) is 3.01. The Bertz CT molecular complexity index is 1670. The first kappa shape index (κ1) is 31.6. The van der Waals surface area contributed by atoms with E-state index in [-0.39, 0.29) is 17.2 Å². The second-order valence-electron chi connectivity index (χ2n) is 9.98.